The molecule has 1 aliphatic rings. The second-order valence-corrected chi connectivity index (χ2v) is 7.43. The van der Waals surface area contributed by atoms with Crippen molar-refractivity contribution in [3.8, 4) is 0 Å². The Balaban J connectivity index is 1.75. The smallest absolute Gasteiger partial charge is 0.229 e. The van der Waals surface area contributed by atoms with Crippen LogP contribution in [0.1, 0.15) is 40.0 Å². The Labute approximate surface area is 169 Å². The summed E-state index contributed by atoms with van der Waals surface area (Å²) in [7, 11) is 0. The van der Waals surface area contributed by atoms with Gasteiger partial charge in [-0.3, -0.25) is 4.79 Å². The van der Waals surface area contributed by atoms with Crippen molar-refractivity contribution in [2.75, 3.05) is 10.6 Å². The molecule has 1 heterocycles. The van der Waals surface area contributed by atoms with Gasteiger partial charge in [0, 0.05) is 22.8 Å². The Morgan fingerprint density at radius 2 is 1.75 bits per heavy atom. The van der Waals surface area contributed by atoms with E-state index in [-0.39, 0.29) is 5.78 Å². The SMILES string of the molecule is Cc1ccc(Nc2nc3c(c(Nc4cccc(Cl)c4C)n2)C(=O)CCC3)cc1. The Morgan fingerprint density at radius 1 is 0.964 bits per heavy atom. The van der Waals surface area contributed by atoms with E-state index in [1.165, 1.54) is 5.56 Å². The van der Waals surface area contributed by atoms with Crippen LogP contribution in [0, 0.1) is 13.8 Å². The standard InChI is InChI=1S/C22H21ClN4O/c1-13-9-11-15(12-10-13)24-22-26-18-7-4-8-19(28)20(18)21(27-22)25-17-6-3-5-16(23)14(17)2/h3,5-6,9-12H,4,7-8H2,1-2H3,(H2,24,25,26,27). The number of hydrogen-bond donors (Lipinski definition) is 2. The van der Waals surface area contributed by atoms with Gasteiger partial charge in [-0.1, -0.05) is 35.4 Å². The maximum absolute atomic E-state index is 12.6. The molecule has 0 aliphatic heterocycles. The molecular formula is C22H21ClN4O. The fraction of sp³-hybridized carbons (Fsp3) is 0.227. The van der Waals surface area contributed by atoms with E-state index < -0.39 is 0 Å². The van der Waals surface area contributed by atoms with Gasteiger partial charge in [0.1, 0.15) is 5.82 Å². The summed E-state index contributed by atoms with van der Waals surface area (Å²) in [6, 6.07) is 13.7. The molecule has 1 aliphatic carbocycles. The van der Waals surface area contributed by atoms with Gasteiger partial charge in [0.25, 0.3) is 0 Å². The number of rotatable bonds is 4. The highest BCUT2D eigenvalue weighted by Gasteiger charge is 2.25. The number of aryl methyl sites for hydroxylation is 2. The van der Waals surface area contributed by atoms with Crippen LogP contribution in [0.25, 0.3) is 0 Å². The molecule has 0 spiro atoms. The number of anilines is 4. The number of hydrogen-bond acceptors (Lipinski definition) is 5. The van der Waals surface area contributed by atoms with Gasteiger partial charge < -0.3 is 10.6 Å². The largest absolute Gasteiger partial charge is 0.339 e. The van der Waals surface area contributed by atoms with Crippen molar-refractivity contribution < 1.29 is 4.79 Å². The van der Waals surface area contributed by atoms with E-state index in [2.05, 4.69) is 20.6 Å². The van der Waals surface area contributed by atoms with Gasteiger partial charge in [-0.05, 0) is 56.5 Å². The molecule has 4 rings (SSSR count). The zero-order valence-electron chi connectivity index (χ0n) is 15.8. The zero-order valence-corrected chi connectivity index (χ0v) is 16.6. The molecule has 1 aromatic heterocycles. The fourth-order valence-corrected chi connectivity index (χ4v) is 3.48. The number of aromatic nitrogens is 2. The topological polar surface area (TPSA) is 66.9 Å². The fourth-order valence-electron chi connectivity index (χ4n) is 3.31. The first kappa shape index (κ1) is 18.4. The summed E-state index contributed by atoms with van der Waals surface area (Å²) in [6.45, 7) is 3.98. The van der Waals surface area contributed by atoms with Crippen LogP contribution in [0.3, 0.4) is 0 Å². The number of carbonyl (C=O) groups is 1. The molecule has 0 bridgehead atoms. The van der Waals surface area contributed by atoms with Crippen molar-refractivity contribution in [2.45, 2.75) is 33.1 Å². The molecule has 2 N–H and O–H groups in total. The summed E-state index contributed by atoms with van der Waals surface area (Å²) in [6.07, 6.45) is 2.09. The summed E-state index contributed by atoms with van der Waals surface area (Å²) in [4.78, 5) is 21.8. The summed E-state index contributed by atoms with van der Waals surface area (Å²) in [5.74, 6) is 1.07. The molecule has 0 amide bonds. The molecule has 0 atom stereocenters. The molecule has 2 aromatic carbocycles. The van der Waals surface area contributed by atoms with E-state index in [4.69, 9.17) is 11.6 Å². The number of fused-ring (bicyclic) bond motifs is 1. The van der Waals surface area contributed by atoms with Gasteiger partial charge in [-0.2, -0.15) is 4.98 Å². The van der Waals surface area contributed by atoms with Crippen LogP contribution in [0.15, 0.2) is 42.5 Å². The number of nitrogens with zero attached hydrogens (tertiary/aromatic N) is 2. The van der Waals surface area contributed by atoms with Crippen molar-refractivity contribution in [2.24, 2.45) is 0 Å². The molecule has 6 heteroatoms. The van der Waals surface area contributed by atoms with Crippen LogP contribution in [0.2, 0.25) is 5.02 Å². The second-order valence-electron chi connectivity index (χ2n) is 7.02. The van der Waals surface area contributed by atoms with Crippen molar-refractivity contribution in [1.82, 2.24) is 9.97 Å². The number of benzene rings is 2. The summed E-state index contributed by atoms with van der Waals surface area (Å²) >= 11 is 6.25. The Bertz CT molecular complexity index is 1050. The third-order valence-corrected chi connectivity index (χ3v) is 5.32. The van der Waals surface area contributed by atoms with Gasteiger partial charge in [-0.25, -0.2) is 4.98 Å². The average Bonchev–Trinajstić information content (AvgIpc) is 2.67. The number of nitrogens with one attached hydrogen (secondary N) is 2. The van der Waals surface area contributed by atoms with Crippen LogP contribution in [0.5, 0.6) is 0 Å². The minimum atomic E-state index is 0.0744. The van der Waals surface area contributed by atoms with Crippen LogP contribution in [0.4, 0.5) is 23.1 Å². The highest BCUT2D eigenvalue weighted by atomic mass is 35.5. The maximum Gasteiger partial charge on any atom is 0.229 e. The zero-order chi connectivity index (χ0) is 19.7. The van der Waals surface area contributed by atoms with Crippen molar-refractivity contribution >= 4 is 40.5 Å². The second kappa shape index (κ2) is 7.60. The Hall–Kier alpha value is -2.92. The van der Waals surface area contributed by atoms with Crippen LogP contribution < -0.4 is 10.6 Å². The van der Waals surface area contributed by atoms with Crippen LogP contribution >= 0.6 is 11.6 Å². The minimum absolute atomic E-state index is 0.0744. The van der Waals surface area contributed by atoms with Gasteiger partial charge in [0.2, 0.25) is 5.95 Å². The monoisotopic (exact) mass is 392 g/mol. The third-order valence-electron chi connectivity index (χ3n) is 4.91. The number of ketones is 1. The predicted molar refractivity (Wildman–Crippen MR) is 113 cm³/mol. The minimum Gasteiger partial charge on any atom is -0.339 e. The van der Waals surface area contributed by atoms with Gasteiger partial charge >= 0.3 is 0 Å². The van der Waals surface area contributed by atoms with E-state index >= 15 is 0 Å². The Morgan fingerprint density at radius 3 is 2.54 bits per heavy atom. The first-order valence-corrected chi connectivity index (χ1v) is 9.69. The van der Waals surface area contributed by atoms with E-state index in [0.29, 0.717) is 28.8 Å². The summed E-state index contributed by atoms with van der Waals surface area (Å²) < 4.78 is 0. The highest BCUT2D eigenvalue weighted by molar-refractivity contribution is 6.31. The number of carbonyl (C=O) groups excluding carboxylic acids is 1. The molecule has 3 aromatic rings. The van der Waals surface area contributed by atoms with Crippen LogP contribution in [-0.4, -0.2) is 15.8 Å². The lowest BCUT2D eigenvalue weighted by molar-refractivity contribution is 0.0972. The first-order valence-electron chi connectivity index (χ1n) is 9.31. The average molecular weight is 393 g/mol. The first-order chi connectivity index (χ1) is 13.5. The quantitative estimate of drug-likeness (QED) is 0.591. The van der Waals surface area contributed by atoms with Crippen molar-refractivity contribution in [1.29, 1.82) is 0 Å². The molecule has 0 saturated heterocycles. The molecule has 0 fully saturated rings. The normalized spacial score (nSPS) is 13.2. The third kappa shape index (κ3) is 3.71. The predicted octanol–water partition coefficient (Wildman–Crippen LogP) is 5.75. The molecular weight excluding hydrogens is 372 g/mol. The van der Waals surface area contributed by atoms with Crippen LogP contribution in [-0.2, 0) is 6.42 Å². The lowest BCUT2D eigenvalue weighted by atomic mass is 9.95. The lowest BCUT2D eigenvalue weighted by Gasteiger charge is -2.20. The number of Topliss-reactive ketones (excluding diaryl/α,β-unsaturated/α-hetero) is 1. The van der Waals surface area contributed by atoms with E-state index in [9.17, 15) is 4.79 Å². The molecule has 142 valence electrons. The summed E-state index contributed by atoms with van der Waals surface area (Å²) in [5, 5.41) is 7.22. The van der Waals surface area contributed by atoms with Gasteiger partial charge in [0.05, 0.1) is 11.3 Å². The molecule has 0 saturated carbocycles. The highest BCUT2D eigenvalue weighted by Crippen LogP contribution is 2.32. The van der Waals surface area contributed by atoms with E-state index in [1.54, 1.807) is 0 Å². The van der Waals surface area contributed by atoms with E-state index in [0.717, 1.165) is 35.5 Å². The molecule has 0 radical (unpaired) electrons. The molecule has 28 heavy (non-hydrogen) atoms. The van der Waals surface area contributed by atoms with Gasteiger partial charge in [-0.15, -0.1) is 0 Å². The van der Waals surface area contributed by atoms with E-state index in [1.807, 2.05) is 56.3 Å². The maximum atomic E-state index is 12.6. The van der Waals surface area contributed by atoms with Crippen molar-refractivity contribution in [3.05, 3.63) is 69.9 Å². The number of halogens is 1. The lowest BCUT2D eigenvalue weighted by Crippen LogP contribution is -2.18. The Kier molecular flexibility index (Phi) is 5.01. The van der Waals surface area contributed by atoms with Crippen molar-refractivity contribution in [3.63, 3.8) is 0 Å². The summed E-state index contributed by atoms with van der Waals surface area (Å²) in [5.41, 5.74) is 5.18. The van der Waals surface area contributed by atoms with Gasteiger partial charge in [0.15, 0.2) is 5.78 Å². The molecule has 5 nitrogen and oxygen atoms in total. The molecule has 0 unspecified atom stereocenters.